The predicted molar refractivity (Wildman–Crippen MR) is 103 cm³/mol. The van der Waals surface area contributed by atoms with E-state index in [0.29, 0.717) is 13.2 Å². The predicted octanol–water partition coefficient (Wildman–Crippen LogP) is 5.39. The molecule has 0 spiro atoms. The molecule has 5 rings (SSSR count). The molecule has 0 unspecified atom stereocenters. The van der Waals surface area contributed by atoms with Crippen LogP contribution in [0.5, 0.6) is 11.5 Å². The highest BCUT2D eigenvalue weighted by molar-refractivity contribution is 7.19. The van der Waals surface area contributed by atoms with E-state index >= 15 is 0 Å². The maximum absolute atomic E-state index is 5.64. The van der Waals surface area contributed by atoms with Gasteiger partial charge in [-0.25, -0.2) is 4.98 Å². The summed E-state index contributed by atoms with van der Waals surface area (Å²) >= 11 is 1.71. The first-order valence-corrected chi connectivity index (χ1v) is 9.04. The first-order valence-electron chi connectivity index (χ1n) is 8.23. The number of ether oxygens (including phenoxy) is 2. The molecule has 1 aliphatic rings. The minimum atomic E-state index is 0.602. The van der Waals surface area contributed by atoms with E-state index in [-0.39, 0.29) is 0 Å². The van der Waals surface area contributed by atoms with Crippen LogP contribution >= 0.6 is 11.3 Å². The minimum absolute atomic E-state index is 0.602. The molecule has 3 nitrogen and oxygen atoms in total. The molecule has 122 valence electrons. The number of benzene rings is 3. The normalized spacial score (nSPS) is 13.8. The van der Waals surface area contributed by atoms with Crippen LogP contribution in [0.15, 0.2) is 54.6 Å². The highest BCUT2D eigenvalue weighted by atomic mass is 32.1. The lowest BCUT2D eigenvalue weighted by Gasteiger charge is -2.18. The van der Waals surface area contributed by atoms with Gasteiger partial charge in [0.1, 0.15) is 18.2 Å². The van der Waals surface area contributed by atoms with E-state index in [2.05, 4.69) is 48.6 Å². The van der Waals surface area contributed by atoms with Crippen molar-refractivity contribution in [3.8, 4) is 11.5 Å². The maximum Gasteiger partial charge on any atom is 0.161 e. The van der Waals surface area contributed by atoms with Gasteiger partial charge < -0.3 is 9.47 Å². The summed E-state index contributed by atoms with van der Waals surface area (Å²) in [6.07, 6.45) is 4.13. The highest BCUT2D eigenvalue weighted by Crippen LogP contribution is 2.32. The molecule has 0 N–H and O–H groups in total. The smallest absolute Gasteiger partial charge is 0.161 e. The molecule has 0 amide bonds. The van der Waals surface area contributed by atoms with Gasteiger partial charge in [0.2, 0.25) is 0 Å². The minimum Gasteiger partial charge on any atom is -0.486 e. The average Bonchev–Trinajstić information content (AvgIpc) is 3.10. The molecule has 0 radical (unpaired) electrons. The first-order chi connectivity index (χ1) is 12.4. The Bertz CT molecular complexity index is 1110. The summed E-state index contributed by atoms with van der Waals surface area (Å²) in [6.45, 7) is 1.22. The third kappa shape index (κ3) is 2.65. The molecule has 0 aliphatic carbocycles. The van der Waals surface area contributed by atoms with E-state index in [9.17, 15) is 0 Å². The molecule has 2 heterocycles. The van der Waals surface area contributed by atoms with Gasteiger partial charge in [0.05, 0.1) is 10.2 Å². The molecule has 0 saturated carbocycles. The summed E-state index contributed by atoms with van der Waals surface area (Å²) in [5.41, 5.74) is 2.15. The van der Waals surface area contributed by atoms with Crippen molar-refractivity contribution in [1.82, 2.24) is 4.98 Å². The zero-order valence-corrected chi connectivity index (χ0v) is 14.3. The van der Waals surface area contributed by atoms with Crippen LogP contribution in [0.2, 0.25) is 0 Å². The van der Waals surface area contributed by atoms with E-state index in [1.165, 1.54) is 15.5 Å². The van der Waals surface area contributed by atoms with Gasteiger partial charge in [-0.2, -0.15) is 0 Å². The Morgan fingerprint density at radius 1 is 0.880 bits per heavy atom. The van der Waals surface area contributed by atoms with Gasteiger partial charge >= 0.3 is 0 Å². The Morgan fingerprint density at radius 2 is 1.76 bits per heavy atom. The average molecular weight is 345 g/mol. The number of fused-ring (bicyclic) bond motifs is 4. The summed E-state index contributed by atoms with van der Waals surface area (Å²) in [5.74, 6) is 1.62. The molecular weight excluding hydrogens is 330 g/mol. The van der Waals surface area contributed by atoms with Crippen LogP contribution in [0.4, 0.5) is 0 Å². The second kappa shape index (κ2) is 5.90. The van der Waals surface area contributed by atoms with Crippen molar-refractivity contribution >= 4 is 44.5 Å². The van der Waals surface area contributed by atoms with Crippen LogP contribution in [-0.4, -0.2) is 18.2 Å². The Kier molecular flexibility index (Phi) is 3.42. The second-order valence-electron chi connectivity index (χ2n) is 5.92. The van der Waals surface area contributed by atoms with Crippen molar-refractivity contribution < 1.29 is 9.47 Å². The summed E-state index contributed by atoms with van der Waals surface area (Å²) in [5, 5.41) is 3.43. The van der Waals surface area contributed by atoms with Crippen molar-refractivity contribution in [2.75, 3.05) is 13.2 Å². The van der Waals surface area contributed by atoms with Gasteiger partial charge in [0, 0.05) is 5.39 Å². The zero-order valence-electron chi connectivity index (χ0n) is 13.4. The van der Waals surface area contributed by atoms with Gasteiger partial charge in [-0.15, -0.1) is 11.3 Å². The Morgan fingerprint density at radius 3 is 2.72 bits per heavy atom. The molecule has 4 aromatic rings. The van der Waals surface area contributed by atoms with Crippen LogP contribution in [0.25, 0.3) is 33.1 Å². The lowest BCUT2D eigenvalue weighted by atomic mass is 10.1. The third-order valence-electron chi connectivity index (χ3n) is 4.28. The molecule has 0 saturated heterocycles. The van der Waals surface area contributed by atoms with Crippen molar-refractivity contribution in [3.63, 3.8) is 0 Å². The molecule has 0 atom stereocenters. The third-order valence-corrected chi connectivity index (χ3v) is 5.27. The van der Waals surface area contributed by atoms with E-state index in [0.717, 1.165) is 27.6 Å². The molecule has 3 aromatic carbocycles. The molecule has 0 fully saturated rings. The number of thiazole rings is 1. The largest absolute Gasteiger partial charge is 0.486 e. The summed E-state index contributed by atoms with van der Waals surface area (Å²) in [7, 11) is 0. The SMILES string of the molecule is C(=C\c1nc2c(ccc3ccccc32)s1)/c1ccc2c(c1)OCCO2. The van der Waals surface area contributed by atoms with Crippen molar-refractivity contribution in [3.05, 3.63) is 65.2 Å². The van der Waals surface area contributed by atoms with Crippen LogP contribution in [0.1, 0.15) is 10.6 Å². The lowest BCUT2D eigenvalue weighted by molar-refractivity contribution is 0.171. The maximum atomic E-state index is 5.64. The van der Waals surface area contributed by atoms with Gasteiger partial charge in [0.25, 0.3) is 0 Å². The number of aromatic nitrogens is 1. The van der Waals surface area contributed by atoms with Gasteiger partial charge in [-0.05, 0) is 35.2 Å². The highest BCUT2D eigenvalue weighted by Gasteiger charge is 2.11. The lowest BCUT2D eigenvalue weighted by Crippen LogP contribution is -2.15. The van der Waals surface area contributed by atoms with E-state index < -0.39 is 0 Å². The Hall–Kier alpha value is -2.85. The molecule has 1 aromatic heterocycles. The Labute approximate surface area is 149 Å². The summed E-state index contributed by atoms with van der Waals surface area (Å²) in [6, 6.07) is 18.7. The fourth-order valence-corrected chi connectivity index (χ4v) is 3.97. The second-order valence-corrected chi connectivity index (χ2v) is 6.98. The van der Waals surface area contributed by atoms with E-state index in [1.807, 2.05) is 18.2 Å². The fourth-order valence-electron chi connectivity index (χ4n) is 3.08. The summed E-state index contributed by atoms with van der Waals surface area (Å²) < 4.78 is 12.4. The zero-order chi connectivity index (χ0) is 16.6. The standard InChI is InChI=1S/C21H15NO2S/c1-2-4-16-15(3-1)7-9-19-21(16)22-20(25-19)10-6-14-5-8-17-18(13-14)24-12-11-23-17/h1-10,13H,11-12H2/b10-6+. The van der Waals surface area contributed by atoms with E-state index in [1.54, 1.807) is 11.3 Å². The molecule has 4 heteroatoms. The van der Waals surface area contributed by atoms with Crippen LogP contribution in [0, 0.1) is 0 Å². The van der Waals surface area contributed by atoms with Gasteiger partial charge in [0.15, 0.2) is 11.5 Å². The molecular formula is C21H15NO2S. The number of hydrogen-bond donors (Lipinski definition) is 0. The van der Waals surface area contributed by atoms with Gasteiger partial charge in [-0.1, -0.05) is 42.5 Å². The Balaban J connectivity index is 1.51. The van der Waals surface area contributed by atoms with Crippen molar-refractivity contribution in [1.29, 1.82) is 0 Å². The van der Waals surface area contributed by atoms with Crippen LogP contribution < -0.4 is 9.47 Å². The topological polar surface area (TPSA) is 31.4 Å². The van der Waals surface area contributed by atoms with Crippen molar-refractivity contribution in [2.45, 2.75) is 0 Å². The monoisotopic (exact) mass is 345 g/mol. The fraction of sp³-hybridized carbons (Fsp3) is 0.0952. The number of nitrogens with zero attached hydrogens (tertiary/aromatic N) is 1. The van der Waals surface area contributed by atoms with Crippen molar-refractivity contribution in [2.24, 2.45) is 0 Å². The molecule has 0 bridgehead atoms. The number of hydrogen-bond acceptors (Lipinski definition) is 4. The van der Waals surface area contributed by atoms with E-state index in [4.69, 9.17) is 14.5 Å². The quantitative estimate of drug-likeness (QED) is 0.488. The first kappa shape index (κ1) is 14.5. The van der Waals surface area contributed by atoms with Crippen LogP contribution in [-0.2, 0) is 0 Å². The van der Waals surface area contributed by atoms with Crippen LogP contribution in [0.3, 0.4) is 0 Å². The van der Waals surface area contributed by atoms with Gasteiger partial charge in [-0.3, -0.25) is 0 Å². The summed E-state index contributed by atoms with van der Waals surface area (Å²) in [4.78, 5) is 4.82. The molecule has 1 aliphatic heterocycles. The number of rotatable bonds is 2. The molecule has 25 heavy (non-hydrogen) atoms.